The maximum Gasteiger partial charge on any atom is 0.251 e. The number of ether oxygens (including phenoxy) is 2. The molecule has 0 aliphatic rings. The highest BCUT2D eigenvalue weighted by atomic mass is 79.9. The Hall–Kier alpha value is -1.86. The Morgan fingerprint density at radius 2 is 1.12 bits per heavy atom. The molecule has 0 fully saturated rings. The van der Waals surface area contributed by atoms with E-state index in [1.165, 1.54) is 25.7 Å². The lowest BCUT2D eigenvalue weighted by molar-refractivity contribution is 0.305. The number of rotatable bonds is 14. The lowest BCUT2D eigenvalue weighted by atomic mass is 10.2. The first-order valence-electron chi connectivity index (χ1n) is 11.8. The van der Waals surface area contributed by atoms with Crippen LogP contribution in [0.2, 0.25) is 0 Å². The van der Waals surface area contributed by atoms with Crippen LogP contribution in [-0.4, -0.2) is 23.4 Å². The van der Waals surface area contributed by atoms with Gasteiger partial charge in [0.2, 0.25) is 0 Å². The maximum absolute atomic E-state index is 6.11. The van der Waals surface area contributed by atoms with Gasteiger partial charge in [-0.3, -0.25) is 0 Å². The topological polar surface area (TPSA) is 57.4 Å². The van der Waals surface area contributed by atoms with E-state index in [4.69, 9.17) is 13.9 Å². The standard InChI is InChI=1S/C26H32Br2N2O3/c1-3-5-7-9-15-31-23-13-11-19(27)17-21(23)25-29-30-26(33-25)22-18-20(28)12-14-24(22)32-16-10-8-6-4-2/h11-14,17-18H,3-10,15-16H2,1-2H3. The molecule has 3 rings (SSSR count). The minimum atomic E-state index is 0.420. The molecule has 3 aromatic rings. The summed E-state index contributed by atoms with van der Waals surface area (Å²) < 4.78 is 20.1. The predicted molar refractivity (Wildman–Crippen MR) is 140 cm³/mol. The maximum atomic E-state index is 6.11. The molecule has 0 aliphatic heterocycles. The van der Waals surface area contributed by atoms with Gasteiger partial charge in [0.25, 0.3) is 11.8 Å². The van der Waals surface area contributed by atoms with Crippen molar-refractivity contribution in [2.45, 2.75) is 65.2 Å². The minimum Gasteiger partial charge on any atom is -0.493 e. The number of halogens is 2. The molecule has 0 N–H and O–H groups in total. The van der Waals surface area contributed by atoms with Crippen LogP contribution in [0.5, 0.6) is 11.5 Å². The number of aromatic nitrogens is 2. The molecule has 0 saturated carbocycles. The summed E-state index contributed by atoms with van der Waals surface area (Å²) in [4.78, 5) is 0. The van der Waals surface area contributed by atoms with Gasteiger partial charge in [0.1, 0.15) is 11.5 Å². The molecule has 0 bridgehead atoms. The number of hydrogen-bond donors (Lipinski definition) is 0. The van der Waals surface area contributed by atoms with Crippen LogP contribution in [0, 0.1) is 0 Å². The van der Waals surface area contributed by atoms with Gasteiger partial charge >= 0.3 is 0 Å². The Morgan fingerprint density at radius 3 is 1.55 bits per heavy atom. The zero-order valence-electron chi connectivity index (χ0n) is 19.4. The molecule has 0 spiro atoms. The van der Waals surface area contributed by atoms with Crippen molar-refractivity contribution in [3.8, 4) is 34.4 Å². The van der Waals surface area contributed by atoms with Crippen molar-refractivity contribution in [3.63, 3.8) is 0 Å². The Balaban J connectivity index is 1.78. The largest absolute Gasteiger partial charge is 0.493 e. The van der Waals surface area contributed by atoms with Crippen LogP contribution in [-0.2, 0) is 0 Å². The summed E-state index contributed by atoms with van der Waals surface area (Å²) in [6, 6.07) is 11.7. The molecule has 0 radical (unpaired) electrons. The summed E-state index contributed by atoms with van der Waals surface area (Å²) in [5.74, 6) is 2.32. The first-order valence-corrected chi connectivity index (χ1v) is 13.4. The fraction of sp³-hybridized carbons (Fsp3) is 0.462. The lowest BCUT2D eigenvalue weighted by Crippen LogP contribution is -1.99. The number of nitrogens with zero attached hydrogens (tertiary/aromatic N) is 2. The first-order chi connectivity index (χ1) is 16.1. The molecular formula is C26H32Br2N2O3. The normalized spacial score (nSPS) is 11.0. The summed E-state index contributed by atoms with van der Waals surface area (Å²) >= 11 is 7.09. The van der Waals surface area contributed by atoms with Crippen LogP contribution < -0.4 is 9.47 Å². The van der Waals surface area contributed by atoms with E-state index in [-0.39, 0.29) is 0 Å². The third kappa shape index (κ3) is 7.85. The first kappa shape index (κ1) is 25.8. The molecule has 0 unspecified atom stereocenters. The smallest absolute Gasteiger partial charge is 0.251 e. The van der Waals surface area contributed by atoms with E-state index in [9.17, 15) is 0 Å². The Morgan fingerprint density at radius 1 is 0.667 bits per heavy atom. The quantitative estimate of drug-likeness (QED) is 0.178. The van der Waals surface area contributed by atoms with Crippen LogP contribution in [0.25, 0.3) is 22.9 Å². The summed E-state index contributed by atoms with van der Waals surface area (Å²) in [5, 5.41) is 8.65. The van der Waals surface area contributed by atoms with Crippen LogP contribution in [0.4, 0.5) is 0 Å². The molecule has 178 valence electrons. The average Bonchev–Trinajstić information content (AvgIpc) is 3.30. The van der Waals surface area contributed by atoms with E-state index in [0.717, 1.165) is 57.3 Å². The van der Waals surface area contributed by atoms with Gasteiger partial charge in [-0.2, -0.15) is 0 Å². The van der Waals surface area contributed by atoms with Crippen molar-refractivity contribution in [3.05, 3.63) is 45.3 Å². The molecule has 5 nitrogen and oxygen atoms in total. The third-order valence-corrected chi connectivity index (χ3v) is 6.27. The SMILES string of the molecule is CCCCCCOc1ccc(Br)cc1-c1nnc(-c2cc(Br)ccc2OCCCCCC)o1. The van der Waals surface area contributed by atoms with E-state index in [2.05, 4.69) is 55.9 Å². The van der Waals surface area contributed by atoms with Crippen molar-refractivity contribution < 1.29 is 13.9 Å². The summed E-state index contributed by atoms with van der Waals surface area (Å²) in [6.45, 7) is 5.73. The highest BCUT2D eigenvalue weighted by molar-refractivity contribution is 9.10. The summed E-state index contributed by atoms with van der Waals surface area (Å²) in [5.41, 5.74) is 1.55. The highest BCUT2D eigenvalue weighted by Crippen LogP contribution is 2.37. The molecule has 0 saturated heterocycles. The molecule has 0 atom stereocenters. The van der Waals surface area contributed by atoms with Gasteiger partial charge in [0.15, 0.2) is 0 Å². The van der Waals surface area contributed by atoms with Gasteiger partial charge in [0, 0.05) is 8.95 Å². The lowest BCUT2D eigenvalue weighted by Gasteiger charge is -2.10. The molecule has 2 aromatic carbocycles. The van der Waals surface area contributed by atoms with Crippen molar-refractivity contribution in [1.29, 1.82) is 0 Å². The van der Waals surface area contributed by atoms with E-state index >= 15 is 0 Å². The summed E-state index contributed by atoms with van der Waals surface area (Å²) in [7, 11) is 0. The molecular weight excluding hydrogens is 548 g/mol. The van der Waals surface area contributed by atoms with E-state index in [0.29, 0.717) is 25.0 Å². The fourth-order valence-electron chi connectivity index (χ4n) is 3.45. The molecule has 7 heteroatoms. The second-order valence-electron chi connectivity index (χ2n) is 8.01. The van der Waals surface area contributed by atoms with E-state index < -0.39 is 0 Å². The van der Waals surface area contributed by atoms with Gasteiger partial charge in [-0.05, 0) is 49.2 Å². The molecule has 1 heterocycles. The van der Waals surface area contributed by atoms with Crippen LogP contribution in [0.3, 0.4) is 0 Å². The second-order valence-corrected chi connectivity index (χ2v) is 9.84. The van der Waals surface area contributed by atoms with Crippen molar-refractivity contribution >= 4 is 31.9 Å². The Kier molecular flexibility index (Phi) is 10.7. The zero-order chi connectivity index (χ0) is 23.5. The summed E-state index contributed by atoms with van der Waals surface area (Å²) in [6.07, 6.45) is 9.22. The monoisotopic (exact) mass is 578 g/mol. The minimum absolute atomic E-state index is 0.420. The van der Waals surface area contributed by atoms with Crippen molar-refractivity contribution in [2.24, 2.45) is 0 Å². The van der Waals surface area contributed by atoms with Gasteiger partial charge in [-0.15, -0.1) is 10.2 Å². The van der Waals surface area contributed by atoms with Gasteiger partial charge in [-0.25, -0.2) is 0 Å². The van der Waals surface area contributed by atoms with Gasteiger partial charge in [0.05, 0.1) is 24.3 Å². The molecule has 1 aromatic heterocycles. The Labute approximate surface area is 213 Å². The van der Waals surface area contributed by atoms with Crippen LogP contribution in [0.1, 0.15) is 65.2 Å². The number of hydrogen-bond acceptors (Lipinski definition) is 5. The van der Waals surface area contributed by atoms with Crippen molar-refractivity contribution in [1.82, 2.24) is 10.2 Å². The van der Waals surface area contributed by atoms with Crippen molar-refractivity contribution in [2.75, 3.05) is 13.2 Å². The molecule has 0 amide bonds. The Bertz CT molecular complexity index is 929. The molecule has 33 heavy (non-hydrogen) atoms. The third-order valence-electron chi connectivity index (χ3n) is 5.28. The van der Waals surface area contributed by atoms with Crippen LogP contribution in [0.15, 0.2) is 49.8 Å². The fourth-order valence-corrected chi connectivity index (χ4v) is 4.18. The molecule has 0 aliphatic carbocycles. The highest BCUT2D eigenvalue weighted by Gasteiger charge is 2.18. The predicted octanol–water partition coefficient (Wildman–Crippen LogP) is 8.85. The van der Waals surface area contributed by atoms with E-state index in [1.54, 1.807) is 0 Å². The van der Waals surface area contributed by atoms with E-state index in [1.807, 2.05) is 36.4 Å². The van der Waals surface area contributed by atoms with Gasteiger partial charge < -0.3 is 13.9 Å². The number of benzene rings is 2. The van der Waals surface area contributed by atoms with Crippen LogP contribution >= 0.6 is 31.9 Å². The van der Waals surface area contributed by atoms with Gasteiger partial charge in [-0.1, -0.05) is 84.2 Å². The zero-order valence-corrected chi connectivity index (χ0v) is 22.6. The number of unbranched alkanes of at least 4 members (excludes halogenated alkanes) is 6. The average molecular weight is 580 g/mol. The second kappa shape index (κ2) is 13.8.